The Kier molecular flexibility index (Phi) is 5.81. The molecule has 1 aliphatic rings. The Morgan fingerprint density at radius 2 is 2.35 bits per heavy atom. The normalized spacial score (nSPS) is 20.3. The minimum atomic E-state index is -0.466. The number of aromatic amines is 1. The average Bonchev–Trinajstić information content (AvgIpc) is 3.04. The molecule has 1 fully saturated rings. The van der Waals surface area contributed by atoms with Crippen LogP contribution in [-0.2, 0) is 25.7 Å². The van der Waals surface area contributed by atoms with E-state index in [0.717, 1.165) is 12.8 Å². The van der Waals surface area contributed by atoms with Crippen LogP contribution in [0.5, 0.6) is 0 Å². The lowest BCUT2D eigenvalue weighted by molar-refractivity contribution is -0.201. The molecule has 3 rings (SSSR count). The number of nitrogens with two attached hydrogens (primary N) is 1. The van der Waals surface area contributed by atoms with Gasteiger partial charge in [-0.15, -0.1) is 0 Å². The highest BCUT2D eigenvalue weighted by Crippen LogP contribution is 2.20. The molecule has 2 aromatic rings. The van der Waals surface area contributed by atoms with Crippen molar-refractivity contribution in [3.63, 3.8) is 0 Å². The number of rotatable bonds is 7. The van der Waals surface area contributed by atoms with Crippen LogP contribution in [0.25, 0.3) is 11.2 Å². The van der Waals surface area contributed by atoms with Gasteiger partial charge >= 0.3 is 0 Å². The van der Waals surface area contributed by atoms with E-state index in [0.29, 0.717) is 25.3 Å². The second kappa shape index (κ2) is 8.25. The van der Waals surface area contributed by atoms with E-state index in [9.17, 15) is 9.59 Å². The van der Waals surface area contributed by atoms with Crippen LogP contribution in [0.15, 0.2) is 11.1 Å². The summed E-state index contributed by atoms with van der Waals surface area (Å²) >= 11 is 0. The maximum absolute atomic E-state index is 11.7. The SMILES string of the molecule is CNC(=O)C1CCCC(OCCOCn2cnc3c(=O)[nH]c(N)nc32)O1. The number of anilines is 1. The van der Waals surface area contributed by atoms with Gasteiger partial charge in [-0.1, -0.05) is 0 Å². The molecule has 4 N–H and O–H groups in total. The molecule has 142 valence electrons. The number of nitrogens with zero attached hydrogens (tertiary/aromatic N) is 3. The van der Waals surface area contributed by atoms with Crippen LogP contribution in [0.2, 0.25) is 0 Å². The standard InChI is InChI=1S/C15H22N6O5/c1-17-13(22)9-3-2-4-10(26-9)25-6-5-24-8-21-7-18-11-12(21)19-15(16)20-14(11)23/h7,9-10H,2-6,8H2,1H3,(H,17,22)(H3,16,19,20,23). The number of amides is 1. The summed E-state index contributed by atoms with van der Waals surface area (Å²) in [6, 6.07) is 0. The number of aromatic nitrogens is 4. The summed E-state index contributed by atoms with van der Waals surface area (Å²) in [5.41, 5.74) is 5.71. The second-order valence-corrected chi connectivity index (χ2v) is 5.85. The Morgan fingerprint density at radius 1 is 1.50 bits per heavy atom. The molecular formula is C15H22N6O5. The average molecular weight is 366 g/mol. The third-order valence-corrected chi connectivity index (χ3v) is 4.02. The molecule has 3 heterocycles. The third-order valence-electron chi connectivity index (χ3n) is 4.02. The molecule has 26 heavy (non-hydrogen) atoms. The number of H-pyrrole nitrogens is 1. The smallest absolute Gasteiger partial charge is 0.280 e. The van der Waals surface area contributed by atoms with Crippen molar-refractivity contribution in [3.8, 4) is 0 Å². The highest BCUT2D eigenvalue weighted by molar-refractivity contribution is 5.80. The van der Waals surface area contributed by atoms with Gasteiger partial charge in [0.15, 0.2) is 17.5 Å². The van der Waals surface area contributed by atoms with Gasteiger partial charge < -0.3 is 25.3 Å². The molecule has 2 atom stereocenters. The molecule has 0 spiro atoms. The van der Waals surface area contributed by atoms with Gasteiger partial charge in [0.05, 0.1) is 19.5 Å². The minimum absolute atomic E-state index is 0.0210. The van der Waals surface area contributed by atoms with Gasteiger partial charge in [-0.25, -0.2) is 4.98 Å². The highest BCUT2D eigenvalue weighted by Gasteiger charge is 2.27. The largest absolute Gasteiger partial charge is 0.369 e. The van der Waals surface area contributed by atoms with Gasteiger partial charge in [0.2, 0.25) is 11.9 Å². The molecule has 0 bridgehead atoms. The topological polar surface area (TPSA) is 146 Å². The zero-order valence-corrected chi connectivity index (χ0v) is 14.4. The van der Waals surface area contributed by atoms with Crippen molar-refractivity contribution in [2.45, 2.75) is 38.4 Å². The van der Waals surface area contributed by atoms with Crippen LogP contribution >= 0.6 is 0 Å². The Labute approximate surface area is 148 Å². The number of hydrogen-bond acceptors (Lipinski definition) is 8. The van der Waals surface area contributed by atoms with Gasteiger partial charge in [0, 0.05) is 7.05 Å². The van der Waals surface area contributed by atoms with E-state index in [1.165, 1.54) is 6.33 Å². The lowest BCUT2D eigenvalue weighted by atomic mass is 10.1. The first kappa shape index (κ1) is 18.3. The molecule has 0 aromatic carbocycles. The monoisotopic (exact) mass is 366 g/mol. The molecule has 1 aliphatic heterocycles. The number of nitrogens with one attached hydrogen (secondary N) is 2. The highest BCUT2D eigenvalue weighted by atomic mass is 16.7. The van der Waals surface area contributed by atoms with Gasteiger partial charge in [-0.3, -0.25) is 19.1 Å². The summed E-state index contributed by atoms with van der Waals surface area (Å²) in [5.74, 6) is -0.115. The number of carbonyl (C=O) groups excluding carboxylic acids is 1. The zero-order valence-electron chi connectivity index (χ0n) is 14.4. The van der Waals surface area contributed by atoms with E-state index in [-0.39, 0.29) is 24.1 Å². The zero-order chi connectivity index (χ0) is 18.5. The fraction of sp³-hybridized carbons (Fsp3) is 0.600. The number of carbonyl (C=O) groups is 1. The quantitative estimate of drug-likeness (QED) is 0.547. The molecule has 2 unspecified atom stereocenters. The number of fused-ring (bicyclic) bond motifs is 1. The van der Waals surface area contributed by atoms with E-state index in [1.54, 1.807) is 11.6 Å². The molecule has 1 amide bonds. The fourth-order valence-electron chi connectivity index (χ4n) is 2.73. The Bertz CT molecular complexity index is 818. The molecule has 0 aliphatic carbocycles. The van der Waals surface area contributed by atoms with Crippen LogP contribution in [-0.4, -0.2) is 58.1 Å². The summed E-state index contributed by atoms with van der Waals surface area (Å²) in [4.78, 5) is 33.8. The van der Waals surface area contributed by atoms with Crippen molar-refractivity contribution in [2.24, 2.45) is 0 Å². The van der Waals surface area contributed by atoms with Crippen LogP contribution < -0.4 is 16.6 Å². The number of likely N-dealkylation sites (N-methyl/N-ethyl adjacent to an activating group) is 1. The lowest BCUT2D eigenvalue weighted by Gasteiger charge is -2.28. The van der Waals surface area contributed by atoms with Crippen LogP contribution in [0.1, 0.15) is 19.3 Å². The summed E-state index contributed by atoms with van der Waals surface area (Å²) in [5, 5.41) is 2.58. The first-order valence-electron chi connectivity index (χ1n) is 8.35. The molecule has 0 radical (unpaired) electrons. The summed E-state index contributed by atoms with van der Waals surface area (Å²) < 4.78 is 18.3. The predicted molar refractivity (Wildman–Crippen MR) is 91.0 cm³/mol. The van der Waals surface area contributed by atoms with Gasteiger partial charge in [0.1, 0.15) is 12.8 Å². The Hall–Kier alpha value is -2.50. The molecule has 11 heteroatoms. The summed E-state index contributed by atoms with van der Waals surface area (Å²) in [7, 11) is 1.58. The maximum Gasteiger partial charge on any atom is 0.280 e. The number of ether oxygens (including phenoxy) is 3. The van der Waals surface area contributed by atoms with Gasteiger partial charge in [0.25, 0.3) is 5.56 Å². The Morgan fingerprint density at radius 3 is 3.15 bits per heavy atom. The molecule has 2 aromatic heterocycles. The van der Waals surface area contributed by atoms with Crippen molar-refractivity contribution >= 4 is 23.0 Å². The van der Waals surface area contributed by atoms with Crippen molar-refractivity contribution in [1.82, 2.24) is 24.8 Å². The predicted octanol–water partition coefficient (Wildman–Crippen LogP) is -0.666. The van der Waals surface area contributed by atoms with Crippen molar-refractivity contribution in [3.05, 3.63) is 16.7 Å². The van der Waals surface area contributed by atoms with Gasteiger partial charge in [-0.2, -0.15) is 4.98 Å². The van der Waals surface area contributed by atoms with Crippen LogP contribution in [0, 0.1) is 0 Å². The lowest BCUT2D eigenvalue weighted by Crippen LogP contribution is -2.40. The van der Waals surface area contributed by atoms with E-state index in [1.807, 2.05) is 0 Å². The van der Waals surface area contributed by atoms with E-state index in [4.69, 9.17) is 19.9 Å². The van der Waals surface area contributed by atoms with E-state index < -0.39 is 18.0 Å². The molecule has 1 saturated heterocycles. The second-order valence-electron chi connectivity index (χ2n) is 5.85. The summed E-state index contributed by atoms with van der Waals surface area (Å²) in [6.45, 7) is 0.777. The number of hydrogen-bond donors (Lipinski definition) is 3. The van der Waals surface area contributed by atoms with Crippen molar-refractivity contribution in [1.29, 1.82) is 0 Å². The van der Waals surface area contributed by atoms with Crippen LogP contribution in [0.3, 0.4) is 0 Å². The third kappa shape index (κ3) is 4.18. The number of imidazole rings is 1. The molecular weight excluding hydrogens is 344 g/mol. The Balaban J connectivity index is 1.44. The number of nitrogen functional groups attached to an aromatic ring is 1. The van der Waals surface area contributed by atoms with E-state index in [2.05, 4.69) is 20.3 Å². The van der Waals surface area contributed by atoms with Gasteiger partial charge in [-0.05, 0) is 19.3 Å². The van der Waals surface area contributed by atoms with E-state index >= 15 is 0 Å². The first-order valence-corrected chi connectivity index (χ1v) is 8.35. The fourth-order valence-corrected chi connectivity index (χ4v) is 2.73. The maximum atomic E-state index is 11.7. The molecule has 11 nitrogen and oxygen atoms in total. The minimum Gasteiger partial charge on any atom is -0.369 e. The molecule has 0 saturated carbocycles. The van der Waals surface area contributed by atoms with Crippen LogP contribution in [0.4, 0.5) is 5.95 Å². The van der Waals surface area contributed by atoms with Crippen molar-refractivity contribution < 1.29 is 19.0 Å². The van der Waals surface area contributed by atoms with Crippen molar-refractivity contribution in [2.75, 3.05) is 26.0 Å². The summed E-state index contributed by atoms with van der Waals surface area (Å²) in [6.07, 6.45) is 2.89. The first-order chi connectivity index (χ1) is 12.6.